The Morgan fingerprint density at radius 2 is 1.90 bits per heavy atom. The summed E-state index contributed by atoms with van der Waals surface area (Å²) in [7, 11) is 0. The number of unbranched alkanes of at least 4 members (excludes halogenated alkanes) is 2. The number of likely N-dealkylation sites (tertiary alicyclic amines) is 1. The van der Waals surface area contributed by atoms with E-state index in [4.69, 9.17) is 0 Å². The number of nitrogens with one attached hydrogen (secondary N) is 2. The normalized spacial score (nSPS) is 34.3. The van der Waals surface area contributed by atoms with E-state index in [0.29, 0.717) is 32.5 Å². The minimum atomic E-state index is -0.595. The molecule has 3 saturated heterocycles. The van der Waals surface area contributed by atoms with E-state index in [1.807, 2.05) is 6.92 Å². The van der Waals surface area contributed by atoms with Crippen LogP contribution in [0.15, 0.2) is 0 Å². The van der Waals surface area contributed by atoms with E-state index in [-0.39, 0.29) is 34.4 Å². The van der Waals surface area contributed by atoms with Gasteiger partial charge in [-0.25, -0.2) is 0 Å². The number of alkyl halides is 1. The third kappa shape index (κ3) is 4.13. The Hall–Kier alpha value is -0.800. The van der Waals surface area contributed by atoms with Crippen molar-refractivity contribution in [2.75, 3.05) is 26.2 Å². The predicted molar refractivity (Wildman–Crippen MR) is 121 cm³/mol. The third-order valence-electron chi connectivity index (χ3n) is 6.53. The highest BCUT2D eigenvalue weighted by Crippen LogP contribution is 2.67. The predicted octanol–water partition coefficient (Wildman–Crippen LogP) is 1.67. The SMILES string of the molecule is CCCCCNC(=O)C1N(CCCO)C(=O)[C@@H]2[C@@H](C(=O)NCCC)[C@@H]3SC12CC3Br. The van der Waals surface area contributed by atoms with Gasteiger partial charge in [0.1, 0.15) is 6.04 Å². The maximum atomic E-state index is 13.5. The number of halogens is 1. The topological polar surface area (TPSA) is 98.7 Å². The molecule has 3 heterocycles. The number of carbonyl (C=O) groups excluding carboxylic acids is 3. The van der Waals surface area contributed by atoms with E-state index in [2.05, 4.69) is 33.5 Å². The average Bonchev–Trinajstić information content (AvgIpc) is 3.31. The number of carbonyl (C=O) groups is 3. The lowest BCUT2D eigenvalue weighted by Crippen LogP contribution is -2.55. The number of hydrogen-bond donors (Lipinski definition) is 3. The second-order valence-corrected chi connectivity index (χ2v) is 11.3. The van der Waals surface area contributed by atoms with Gasteiger partial charge >= 0.3 is 0 Å². The van der Waals surface area contributed by atoms with E-state index in [1.165, 1.54) is 0 Å². The molecular formula is C21H34BrN3O4S. The maximum Gasteiger partial charge on any atom is 0.244 e. The van der Waals surface area contributed by atoms with Crippen molar-refractivity contribution in [3.05, 3.63) is 0 Å². The van der Waals surface area contributed by atoms with E-state index in [0.717, 1.165) is 25.7 Å². The molecule has 170 valence electrons. The van der Waals surface area contributed by atoms with Crippen LogP contribution in [0.1, 0.15) is 52.4 Å². The summed E-state index contributed by atoms with van der Waals surface area (Å²) in [6.07, 6.45) is 4.99. The first-order chi connectivity index (χ1) is 14.4. The Bertz CT molecular complexity index is 666. The highest BCUT2D eigenvalue weighted by atomic mass is 79.9. The molecule has 3 unspecified atom stereocenters. The molecule has 30 heavy (non-hydrogen) atoms. The van der Waals surface area contributed by atoms with Crippen molar-refractivity contribution in [3.63, 3.8) is 0 Å². The van der Waals surface area contributed by atoms with Crippen molar-refractivity contribution in [3.8, 4) is 0 Å². The van der Waals surface area contributed by atoms with Crippen LogP contribution in [0.5, 0.6) is 0 Å². The summed E-state index contributed by atoms with van der Waals surface area (Å²) in [5.74, 6) is -1.22. The Morgan fingerprint density at radius 1 is 1.17 bits per heavy atom. The molecule has 3 aliphatic rings. The summed E-state index contributed by atoms with van der Waals surface area (Å²) in [5.41, 5.74) is 0. The molecule has 9 heteroatoms. The average molecular weight is 504 g/mol. The van der Waals surface area contributed by atoms with Crippen LogP contribution in [0.4, 0.5) is 0 Å². The van der Waals surface area contributed by atoms with Crippen LogP contribution in [-0.2, 0) is 14.4 Å². The molecule has 3 aliphatic heterocycles. The first-order valence-corrected chi connectivity index (χ1v) is 13.0. The maximum absolute atomic E-state index is 13.5. The molecule has 3 rings (SSSR count). The summed E-state index contributed by atoms with van der Waals surface area (Å²) in [5, 5.41) is 15.3. The van der Waals surface area contributed by atoms with Gasteiger partial charge in [0.15, 0.2) is 0 Å². The summed E-state index contributed by atoms with van der Waals surface area (Å²) < 4.78 is -0.589. The minimum absolute atomic E-state index is 0.00816. The first kappa shape index (κ1) is 23.9. The molecular weight excluding hydrogens is 470 g/mol. The highest BCUT2D eigenvalue weighted by Gasteiger charge is 2.75. The van der Waals surface area contributed by atoms with Crippen LogP contribution in [0.2, 0.25) is 0 Å². The first-order valence-electron chi connectivity index (χ1n) is 11.2. The molecule has 3 amide bonds. The quantitative estimate of drug-likeness (QED) is 0.294. The summed E-state index contributed by atoms with van der Waals surface area (Å²) in [6, 6.07) is -0.595. The Balaban J connectivity index is 1.88. The molecule has 3 N–H and O–H groups in total. The van der Waals surface area contributed by atoms with Crippen LogP contribution >= 0.6 is 27.7 Å². The second kappa shape index (κ2) is 10.2. The van der Waals surface area contributed by atoms with Crippen molar-refractivity contribution >= 4 is 45.4 Å². The van der Waals surface area contributed by atoms with Gasteiger partial charge in [0.05, 0.1) is 16.6 Å². The Labute approximate surface area is 191 Å². The molecule has 0 aromatic heterocycles. The number of fused-ring (bicyclic) bond motifs is 1. The minimum Gasteiger partial charge on any atom is -0.396 e. The molecule has 6 atom stereocenters. The van der Waals surface area contributed by atoms with Crippen LogP contribution < -0.4 is 10.6 Å². The molecule has 7 nitrogen and oxygen atoms in total. The largest absolute Gasteiger partial charge is 0.396 e. The van der Waals surface area contributed by atoms with E-state index < -0.39 is 22.6 Å². The number of aliphatic hydroxyl groups excluding tert-OH is 1. The molecule has 2 bridgehead atoms. The van der Waals surface area contributed by atoms with E-state index in [1.54, 1.807) is 16.7 Å². The van der Waals surface area contributed by atoms with Gasteiger partial charge in [-0.2, -0.15) is 0 Å². The van der Waals surface area contributed by atoms with E-state index in [9.17, 15) is 19.5 Å². The third-order valence-corrected chi connectivity index (χ3v) is 9.75. The second-order valence-electron chi connectivity index (χ2n) is 8.56. The Morgan fingerprint density at radius 3 is 2.57 bits per heavy atom. The van der Waals surface area contributed by atoms with Gasteiger partial charge in [0, 0.05) is 36.3 Å². The summed E-state index contributed by atoms with van der Waals surface area (Å²) in [4.78, 5) is 41.6. The van der Waals surface area contributed by atoms with Gasteiger partial charge in [0.2, 0.25) is 17.7 Å². The fraction of sp³-hybridized carbons (Fsp3) is 0.857. The van der Waals surface area contributed by atoms with Crippen LogP contribution in [0.25, 0.3) is 0 Å². The lowest BCUT2D eigenvalue weighted by Gasteiger charge is -2.35. The number of amides is 3. The fourth-order valence-electron chi connectivity index (χ4n) is 5.26. The zero-order valence-electron chi connectivity index (χ0n) is 17.9. The molecule has 3 fully saturated rings. The number of aliphatic hydroxyl groups is 1. The fourth-order valence-corrected chi connectivity index (χ4v) is 8.87. The number of nitrogens with zero attached hydrogens (tertiary/aromatic N) is 1. The van der Waals surface area contributed by atoms with Crippen molar-refractivity contribution in [1.29, 1.82) is 0 Å². The smallest absolute Gasteiger partial charge is 0.244 e. The molecule has 0 aromatic rings. The monoisotopic (exact) mass is 503 g/mol. The number of thioether (sulfide) groups is 1. The lowest BCUT2D eigenvalue weighted by atomic mass is 9.70. The number of rotatable bonds is 11. The van der Waals surface area contributed by atoms with Gasteiger partial charge in [-0.15, -0.1) is 11.8 Å². The summed E-state index contributed by atoms with van der Waals surface area (Å²) >= 11 is 5.40. The lowest BCUT2D eigenvalue weighted by molar-refractivity contribution is -0.140. The van der Waals surface area contributed by atoms with Gasteiger partial charge in [-0.1, -0.05) is 42.6 Å². The van der Waals surface area contributed by atoms with Crippen LogP contribution in [0.3, 0.4) is 0 Å². The van der Waals surface area contributed by atoms with Gasteiger partial charge in [-0.3, -0.25) is 14.4 Å². The molecule has 1 spiro atoms. The van der Waals surface area contributed by atoms with Gasteiger partial charge in [-0.05, 0) is 25.7 Å². The molecule has 0 saturated carbocycles. The van der Waals surface area contributed by atoms with Gasteiger partial charge < -0.3 is 20.6 Å². The molecule has 0 radical (unpaired) electrons. The van der Waals surface area contributed by atoms with Crippen molar-refractivity contribution in [1.82, 2.24) is 15.5 Å². The highest BCUT2D eigenvalue weighted by molar-refractivity contribution is 9.09. The van der Waals surface area contributed by atoms with Crippen LogP contribution in [-0.4, -0.2) is 74.8 Å². The van der Waals surface area contributed by atoms with Gasteiger partial charge in [0.25, 0.3) is 0 Å². The summed E-state index contributed by atoms with van der Waals surface area (Å²) in [6.45, 7) is 5.60. The Kier molecular flexibility index (Phi) is 8.12. The van der Waals surface area contributed by atoms with Crippen molar-refractivity contribution in [2.45, 2.75) is 73.2 Å². The van der Waals surface area contributed by atoms with Crippen molar-refractivity contribution < 1.29 is 19.5 Å². The zero-order chi connectivity index (χ0) is 21.9. The molecule has 0 aromatic carbocycles. The molecule has 0 aliphatic carbocycles. The van der Waals surface area contributed by atoms with Crippen LogP contribution in [0, 0.1) is 11.8 Å². The zero-order valence-corrected chi connectivity index (χ0v) is 20.3. The van der Waals surface area contributed by atoms with Crippen molar-refractivity contribution in [2.24, 2.45) is 11.8 Å². The number of hydrogen-bond acceptors (Lipinski definition) is 5. The van der Waals surface area contributed by atoms with E-state index >= 15 is 0 Å². The standard InChI is InChI=1S/C21H34BrN3O4S/c1-3-5-6-9-24-19(28)17-21-12-13(22)16(30-21)14(18(27)23-8-4-2)15(21)20(29)25(17)10-7-11-26/h13-17,26H,3-12H2,1-2H3,(H,23,27)(H,24,28)/t13?,14-,15+,16-,17?,21?/m1/s1.